The summed E-state index contributed by atoms with van der Waals surface area (Å²) in [5.74, 6) is -4.57. The van der Waals surface area contributed by atoms with E-state index >= 15 is 0 Å². The second kappa shape index (κ2) is 26.4. The summed E-state index contributed by atoms with van der Waals surface area (Å²) in [5.41, 5.74) is 0. The first-order valence-electron chi connectivity index (χ1n) is 23.5. The Bertz CT molecular complexity index is 1540. The second-order valence-electron chi connectivity index (χ2n) is 19.2. The summed E-state index contributed by atoms with van der Waals surface area (Å²) < 4.78 is 5.75. The molecule has 15 nitrogen and oxygen atoms in total. The topological polar surface area (TPSA) is 198 Å². The van der Waals surface area contributed by atoms with E-state index in [4.69, 9.17) is 4.74 Å². The molecule has 1 saturated carbocycles. The predicted octanol–water partition coefficient (Wildman–Crippen LogP) is 5.50. The summed E-state index contributed by atoms with van der Waals surface area (Å²) in [7, 11) is 4.53. The molecule has 0 spiro atoms. The maximum absolute atomic E-state index is 14.8. The number of cyclic esters (lactones) is 1. The van der Waals surface area contributed by atoms with Crippen LogP contribution in [0.25, 0.3) is 0 Å². The van der Waals surface area contributed by atoms with Gasteiger partial charge in [0.1, 0.15) is 36.3 Å². The Morgan fingerprint density at radius 1 is 0.710 bits per heavy atom. The van der Waals surface area contributed by atoms with Crippen molar-refractivity contribution in [2.24, 2.45) is 29.6 Å². The van der Waals surface area contributed by atoms with E-state index in [9.17, 15) is 38.8 Å². The highest BCUT2D eigenvalue weighted by molar-refractivity contribution is 5.97. The van der Waals surface area contributed by atoms with Gasteiger partial charge in [0.05, 0.1) is 6.07 Å². The number of amides is 6. The van der Waals surface area contributed by atoms with E-state index in [1.807, 2.05) is 47.6 Å². The molecular weight excluding hydrogens is 791 g/mol. The molecule has 1 saturated heterocycles. The van der Waals surface area contributed by atoms with Crippen molar-refractivity contribution in [2.45, 2.75) is 201 Å². The van der Waals surface area contributed by atoms with Crippen LogP contribution in [0.2, 0.25) is 0 Å². The number of nitriles is 1. The number of carbonyl (C=O) groups excluding carboxylic acids is 7. The number of nitrogens with zero attached hydrogens (tertiary/aromatic N) is 4. The third kappa shape index (κ3) is 16.2. The molecule has 0 aromatic rings. The van der Waals surface area contributed by atoms with E-state index in [0.29, 0.717) is 12.8 Å². The van der Waals surface area contributed by atoms with Crippen molar-refractivity contribution in [3.05, 3.63) is 0 Å². The summed E-state index contributed by atoms with van der Waals surface area (Å²) in [6.07, 6.45) is 7.47. The SMILES string of the molecule is CCCC[C@@H](C)C[C@@H]1NC(=O)[C@H](CC2CCCCC2)N(C)C(=O)[C@H](CC(C)C)NC(=O)[C@H](CC(C)C)N(C)C(=O)[C@H]([C@H](C)CC)NC(=O)[C@@H](CCC#N)OC(=O)[C@H](C)N(C)C1=O. The Morgan fingerprint density at radius 2 is 1.26 bits per heavy atom. The number of carbonyl (C=O) groups is 7. The third-order valence-electron chi connectivity index (χ3n) is 13.0. The van der Waals surface area contributed by atoms with Gasteiger partial charge in [0, 0.05) is 34.0 Å². The van der Waals surface area contributed by atoms with Crippen LogP contribution < -0.4 is 16.0 Å². The van der Waals surface area contributed by atoms with Gasteiger partial charge in [-0.2, -0.15) is 5.26 Å². The van der Waals surface area contributed by atoms with Crippen molar-refractivity contribution >= 4 is 41.4 Å². The lowest BCUT2D eigenvalue weighted by atomic mass is 9.84. The number of likely N-dealkylation sites (N-methyl/N-ethyl adjacent to an activating group) is 3. The van der Waals surface area contributed by atoms with Gasteiger partial charge < -0.3 is 35.4 Å². The van der Waals surface area contributed by atoms with Crippen LogP contribution in [0.15, 0.2) is 0 Å². The van der Waals surface area contributed by atoms with Gasteiger partial charge in [-0.15, -0.1) is 0 Å². The van der Waals surface area contributed by atoms with Crippen LogP contribution in [-0.4, -0.2) is 120 Å². The molecule has 1 aliphatic carbocycles. The first kappa shape index (κ1) is 53.9. The van der Waals surface area contributed by atoms with Crippen LogP contribution in [0.3, 0.4) is 0 Å². The molecule has 1 aliphatic heterocycles. The Balaban J connectivity index is 2.86. The molecule has 3 N–H and O–H groups in total. The highest BCUT2D eigenvalue weighted by atomic mass is 16.5. The first-order valence-corrected chi connectivity index (χ1v) is 23.5. The van der Waals surface area contributed by atoms with Crippen molar-refractivity contribution in [1.82, 2.24) is 30.7 Å². The largest absolute Gasteiger partial charge is 0.451 e. The fourth-order valence-corrected chi connectivity index (χ4v) is 8.56. The Morgan fingerprint density at radius 3 is 1.81 bits per heavy atom. The zero-order valence-corrected chi connectivity index (χ0v) is 40.1. The summed E-state index contributed by atoms with van der Waals surface area (Å²) in [5, 5.41) is 18.2. The first-order chi connectivity index (χ1) is 29.2. The van der Waals surface area contributed by atoms with Gasteiger partial charge in [-0.05, 0) is 62.2 Å². The van der Waals surface area contributed by atoms with Gasteiger partial charge >= 0.3 is 5.97 Å². The predicted molar refractivity (Wildman–Crippen MR) is 239 cm³/mol. The molecule has 2 rings (SSSR count). The van der Waals surface area contributed by atoms with Gasteiger partial charge in [0.15, 0.2) is 6.10 Å². The van der Waals surface area contributed by atoms with E-state index in [2.05, 4.69) is 22.9 Å². The van der Waals surface area contributed by atoms with Gasteiger partial charge in [0.25, 0.3) is 5.91 Å². The third-order valence-corrected chi connectivity index (χ3v) is 13.0. The molecule has 2 fully saturated rings. The smallest absolute Gasteiger partial charge is 0.329 e. The number of esters is 1. The van der Waals surface area contributed by atoms with Crippen LogP contribution in [0.1, 0.15) is 159 Å². The lowest BCUT2D eigenvalue weighted by Gasteiger charge is -2.37. The molecule has 2 aliphatic rings. The van der Waals surface area contributed by atoms with Gasteiger partial charge in [-0.1, -0.05) is 113 Å². The molecule has 0 aromatic heterocycles. The van der Waals surface area contributed by atoms with E-state index in [-0.39, 0.29) is 55.8 Å². The lowest BCUT2D eigenvalue weighted by Crippen LogP contribution is -2.60. The maximum atomic E-state index is 14.8. The summed E-state index contributed by atoms with van der Waals surface area (Å²) in [6, 6.07) is -4.44. The highest BCUT2D eigenvalue weighted by Gasteiger charge is 2.41. The zero-order chi connectivity index (χ0) is 46.8. The minimum Gasteiger partial charge on any atom is -0.451 e. The van der Waals surface area contributed by atoms with Crippen LogP contribution in [0, 0.1) is 40.9 Å². The summed E-state index contributed by atoms with van der Waals surface area (Å²) >= 11 is 0. The normalized spacial score (nSPS) is 27.3. The maximum Gasteiger partial charge on any atom is 0.329 e. The molecule has 0 unspecified atom stereocenters. The van der Waals surface area contributed by atoms with E-state index in [1.54, 1.807) is 14.0 Å². The summed E-state index contributed by atoms with van der Waals surface area (Å²) in [4.78, 5) is 105. The Labute approximate surface area is 372 Å². The molecule has 1 heterocycles. The van der Waals surface area contributed by atoms with E-state index < -0.39 is 89.7 Å². The minimum absolute atomic E-state index is 0.0215. The quantitative estimate of drug-likeness (QED) is 0.178. The van der Waals surface area contributed by atoms with Crippen LogP contribution in [0.5, 0.6) is 0 Å². The second-order valence-corrected chi connectivity index (χ2v) is 19.2. The Hall–Kier alpha value is -4.22. The van der Waals surface area contributed by atoms with Gasteiger partial charge in [-0.25, -0.2) is 4.79 Å². The average molecular weight is 872 g/mol. The van der Waals surface area contributed by atoms with Gasteiger partial charge in [0.2, 0.25) is 29.5 Å². The Kier molecular flexibility index (Phi) is 23.0. The summed E-state index contributed by atoms with van der Waals surface area (Å²) in [6.45, 7) is 17.0. The fraction of sp³-hybridized carbons (Fsp3) is 0.830. The van der Waals surface area contributed by atoms with Crippen molar-refractivity contribution in [3.63, 3.8) is 0 Å². The van der Waals surface area contributed by atoms with E-state index in [0.717, 1.165) is 51.4 Å². The zero-order valence-electron chi connectivity index (χ0n) is 40.1. The van der Waals surface area contributed by atoms with Crippen LogP contribution >= 0.6 is 0 Å². The van der Waals surface area contributed by atoms with Crippen LogP contribution in [0.4, 0.5) is 0 Å². The standard InChI is InChI=1S/C47H81N7O8/c1-13-15-20-31(7)27-36-44(58)52(10)33(9)47(61)62-39(23-19-24-48)43(57)51-40(32(8)14-2)46(60)54(12)37(26-30(5)6)41(55)49-35(25-29(3)4)45(59)53(11)38(42(56)50-36)28-34-21-17-16-18-22-34/h29-40H,13-23,25-28H2,1-12H3,(H,49,55)(H,50,56)(H,51,57)/t31-,32-,33+,35+,36+,37+,38+,39-,40+/m1/s1. The number of rotatable bonds is 15. The lowest BCUT2D eigenvalue weighted by molar-refractivity contribution is -0.163. The highest BCUT2D eigenvalue weighted by Crippen LogP contribution is 2.30. The molecule has 0 aromatic carbocycles. The van der Waals surface area contributed by atoms with Crippen molar-refractivity contribution in [3.8, 4) is 6.07 Å². The molecule has 15 heteroatoms. The number of hydrogen-bond acceptors (Lipinski definition) is 9. The van der Waals surface area contributed by atoms with E-state index in [1.165, 1.54) is 35.7 Å². The van der Waals surface area contributed by atoms with Crippen molar-refractivity contribution in [2.75, 3.05) is 21.1 Å². The van der Waals surface area contributed by atoms with Crippen molar-refractivity contribution < 1.29 is 38.3 Å². The number of hydrogen-bond donors (Lipinski definition) is 3. The van der Waals surface area contributed by atoms with Gasteiger partial charge in [-0.3, -0.25) is 28.8 Å². The average Bonchev–Trinajstić information content (AvgIpc) is 3.24. The molecule has 352 valence electrons. The van der Waals surface area contributed by atoms with Crippen molar-refractivity contribution in [1.29, 1.82) is 5.26 Å². The fourth-order valence-electron chi connectivity index (χ4n) is 8.56. The molecule has 6 amide bonds. The number of unbranched alkanes of at least 4 members (excludes halogenated alkanes) is 1. The molecule has 9 atom stereocenters. The molecule has 0 radical (unpaired) electrons. The number of nitrogens with one attached hydrogen (secondary N) is 3. The monoisotopic (exact) mass is 872 g/mol. The number of ether oxygens (including phenoxy) is 1. The molecule has 0 bridgehead atoms. The minimum atomic E-state index is -1.47. The van der Waals surface area contributed by atoms with Crippen LogP contribution in [-0.2, 0) is 38.3 Å². The molecule has 62 heavy (non-hydrogen) atoms. The molecular formula is C47H81N7O8.